The maximum absolute atomic E-state index is 12.9. The quantitative estimate of drug-likeness (QED) is 0.580. The topological polar surface area (TPSA) is 98.7 Å². The summed E-state index contributed by atoms with van der Waals surface area (Å²) in [7, 11) is -3.55. The van der Waals surface area contributed by atoms with Gasteiger partial charge in [-0.1, -0.05) is 29.8 Å². The molecule has 10 heteroatoms. The number of piperazine rings is 1. The highest BCUT2D eigenvalue weighted by atomic mass is 32.2. The molecule has 186 valence electrons. The van der Waals surface area contributed by atoms with Crippen LogP contribution in [0.5, 0.6) is 0 Å². The maximum atomic E-state index is 12.9. The predicted molar refractivity (Wildman–Crippen MR) is 134 cm³/mol. The third-order valence-electron chi connectivity index (χ3n) is 7.16. The number of hydrogen-bond donors (Lipinski definition) is 1. The van der Waals surface area contributed by atoms with Crippen molar-refractivity contribution in [3.63, 3.8) is 0 Å². The van der Waals surface area contributed by atoms with Gasteiger partial charge in [0.05, 0.1) is 22.5 Å². The number of H-pyrrole nitrogens is 1. The van der Waals surface area contributed by atoms with Crippen molar-refractivity contribution in [2.75, 3.05) is 45.8 Å². The van der Waals surface area contributed by atoms with Crippen LogP contribution in [0.4, 0.5) is 0 Å². The van der Waals surface area contributed by atoms with E-state index in [-0.39, 0.29) is 17.6 Å². The highest BCUT2D eigenvalue weighted by Crippen LogP contribution is 2.25. The Balaban J connectivity index is 1.14. The van der Waals surface area contributed by atoms with E-state index >= 15 is 0 Å². The smallest absolute Gasteiger partial charge is 0.326 e. The van der Waals surface area contributed by atoms with E-state index in [4.69, 9.17) is 0 Å². The Hall–Kier alpha value is -2.95. The number of fused-ring (bicyclic) bond motifs is 1. The van der Waals surface area contributed by atoms with Crippen LogP contribution in [0.1, 0.15) is 24.4 Å². The number of nitrogens with zero attached hydrogens (tertiary/aromatic N) is 4. The lowest BCUT2D eigenvalue weighted by Gasteiger charge is -2.36. The van der Waals surface area contributed by atoms with E-state index < -0.39 is 10.0 Å². The van der Waals surface area contributed by atoms with Crippen LogP contribution in [0.3, 0.4) is 0 Å². The number of aryl methyl sites for hydroxylation is 1. The van der Waals surface area contributed by atoms with E-state index in [1.54, 1.807) is 29.2 Å². The minimum Gasteiger partial charge on any atom is -0.339 e. The van der Waals surface area contributed by atoms with Crippen LogP contribution in [0.25, 0.3) is 11.0 Å². The molecule has 0 aliphatic carbocycles. The first kappa shape index (κ1) is 23.8. The standard InChI is InChI=1S/C25H31N5O4S/c1-19-6-8-21(9-7-19)35(33,34)29-16-14-28(15-17-29)24(31)18-27-12-10-20(11-13-27)30-23-5-3-2-4-22(23)26-25(30)32/h2-9,20H,10-18H2,1H3,(H,26,32). The largest absolute Gasteiger partial charge is 0.339 e. The lowest BCUT2D eigenvalue weighted by molar-refractivity contribution is -0.133. The molecule has 0 bridgehead atoms. The first-order chi connectivity index (χ1) is 16.8. The molecule has 3 aromatic rings. The molecule has 9 nitrogen and oxygen atoms in total. The van der Waals surface area contributed by atoms with Crippen molar-refractivity contribution in [2.45, 2.75) is 30.7 Å². The Bertz CT molecular complexity index is 1360. The van der Waals surface area contributed by atoms with Crippen molar-refractivity contribution in [3.8, 4) is 0 Å². The highest BCUT2D eigenvalue weighted by Gasteiger charge is 2.31. The van der Waals surface area contributed by atoms with E-state index in [9.17, 15) is 18.0 Å². The fraction of sp³-hybridized carbons (Fsp3) is 0.440. The second-order valence-corrected chi connectivity index (χ2v) is 11.4. The molecule has 1 aromatic heterocycles. The van der Waals surface area contributed by atoms with E-state index in [1.807, 2.05) is 35.8 Å². The second-order valence-electron chi connectivity index (χ2n) is 9.42. The van der Waals surface area contributed by atoms with Crippen LogP contribution in [0.2, 0.25) is 0 Å². The van der Waals surface area contributed by atoms with Crippen LogP contribution in [-0.4, -0.2) is 83.8 Å². The zero-order chi connectivity index (χ0) is 24.6. The molecule has 0 spiro atoms. The first-order valence-corrected chi connectivity index (χ1v) is 13.5. The molecular formula is C25H31N5O4S. The fourth-order valence-corrected chi connectivity index (χ4v) is 6.52. The molecule has 2 aliphatic rings. The van der Waals surface area contributed by atoms with Gasteiger partial charge >= 0.3 is 5.69 Å². The summed E-state index contributed by atoms with van der Waals surface area (Å²) >= 11 is 0. The van der Waals surface area contributed by atoms with E-state index in [1.165, 1.54) is 4.31 Å². The van der Waals surface area contributed by atoms with Crippen molar-refractivity contribution in [1.29, 1.82) is 0 Å². The lowest BCUT2D eigenvalue weighted by atomic mass is 10.0. The molecule has 2 fully saturated rings. The number of imidazole rings is 1. The van der Waals surface area contributed by atoms with Gasteiger partial charge in [0.1, 0.15) is 0 Å². The zero-order valence-corrected chi connectivity index (χ0v) is 20.7. The third kappa shape index (κ3) is 4.78. The number of para-hydroxylation sites is 2. The van der Waals surface area contributed by atoms with Crippen molar-refractivity contribution in [2.24, 2.45) is 0 Å². The van der Waals surface area contributed by atoms with Crippen molar-refractivity contribution in [3.05, 3.63) is 64.6 Å². The second kappa shape index (κ2) is 9.60. The van der Waals surface area contributed by atoms with Crippen molar-refractivity contribution >= 4 is 27.0 Å². The molecular weight excluding hydrogens is 466 g/mol. The summed E-state index contributed by atoms with van der Waals surface area (Å²) in [6.07, 6.45) is 1.61. The van der Waals surface area contributed by atoms with E-state index in [0.29, 0.717) is 37.6 Å². The number of likely N-dealkylation sites (tertiary alicyclic amines) is 1. The molecule has 3 heterocycles. The number of carbonyl (C=O) groups is 1. The van der Waals surface area contributed by atoms with Gasteiger partial charge in [0.2, 0.25) is 15.9 Å². The van der Waals surface area contributed by atoms with Gasteiger partial charge in [-0.15, -0.1) is 0 Å². The van der Waals surface area contributed by atoms with Gasteiger partial charge in [-0.3, -0.25) is 14.3 Å². The van der Waals surface area contributed by atoms with Gasteiger partial charge in [-0.2, -0.15) is 4.31 Å². The van der Waals surface area contributed by atoms with Gasteiger partial charge in [-0.05, 0) is 44.0 Å². The number of aromatic amines is 1. The number of benzene rings is 2. The molecule has 2 saturated heterocycles. The summed E-state index contributed by atoms with van der Waals surface area (Å²) in [5.41, 5.74) is 2.69. The van der Waals surface area contributed by atoms with Crippen LogP contribution >= 0.6 is 0 Å². The molecule has 2 aromatic carbocycles. The molecule has 35 heavy (non-hydrogen) atoms. The highest BCUT2D eigenvalue weighted by molar-refractivity contribution is 7.89. The number of aromatic nitrogens is 2. The molecule has 0 saturated carbocycles. The summed E-state index contributed by atoms with van der Waals surface area (Å²) < 4.78 is 29.1. The molecule has 0 atom stereocenters. The molecule has 5 rings (SSSR count). The Kier molecular flexibility index (Phi) is 6.52. The summed E-state index contributed by atoms with van der Waals surface area (Å²) in [5.74, 6) is 0.0279. The summed E-state index contributed by atoms with van der Waals surface area (Å²) in [4.78, 5) is 32.5. The maximum Gasteiger partial charge on any atom is 0.326 e. The van der Waals surface area contributed by atoms with Crippen LogP contribution in [0.15, 0.2) is 58.2 Å². The minimum atomic E-state index is -3.55. The van der Waals surface area contributed by atoms with Gasteiger partial charge in [0.25, 0.3) is 0 Å². The minimum absolute atomic E-state index is 0.0279. The predicted octanol–water partition coefficient (Wildman–Crippen LogP) is 1.81. The van der Waals surface area contributed by atoms with Gasteiger partial charge in [0, 0.05) is 45.3 Å². The van der Waals surface area contributed by atoms with Gasteiger partial charge < -0.3 is 9.88 Å². The number of hydrogen-bond acceptors (Lipinski definition) is 5. The number of nitrogens with one attached hydrogen (secondary N) is 1. The Labute approximate surface area is 205 Å². The third-order valence-corrected chi connectivity index (χ3v) is 9.07. The number of piperidine rings is 1. The average molecular weight is 498 g/mol. The molecule has 1 N–H and O–H groups in total. The summed E-state index contributed by atoms with van der Waals surface area (Å²) in [5, 5.41) is 0. The number of sulfonamides is 1. The Morgan fingerprint density at radius 2 is 1.60 bits per heavy atom. The molecule has 0 unspecified atom stereocenters. The van der Waals surface area contributed by atoms with E-state index in [2.05, 4.69) is 9.88 Å². The number of amides is 1. The van der Waals surface area contributed by atoms with Gasteiger partial charge in [-0.25, -0.2) is 13.2 Å². The van der Waals surface area contributed by atoms with Crippen molar-refractivity contribution < 1.29 is 13.2 Å². The Morgan fingerprint density at radius 1 is 0.943 bits per heavy atom. The van der Waals surface area contributed by atoms with Crippen molar-refractivity contribution in [1.82, 2.24) is 23.7 Å². The van der Waals surface area contributed by atoms with E-state index in [0.717, 1.165) is 42.5 Å². The number of carbonyl (C=O) groups excluding carboxylic acids is 1. The molecule has 0 radical (unpaired) electrons. The summed E-state index contributed by atoms with van der Waals surface area (Å²) in [6.45, 7) is 5.11. The lowest BCUT2D eigenvalue weighted by Crippen LogP contribution is -2.53. The normalized spacial score (nSPS) is 18.8. The van der Waals surface area contributed by atoms with Crippen LogP contribution < -0.4 is 5.69 Å². The zero-order valence-electron chi connectivity index (χ0n) is 19.9. The summed E-state index contributed by atoms with van der Waals surface area (Å²) in [6, 6.07) is 14.7. The average Bonchev–Trinajstić information content (AvgIpc) is 3.20. The van der Waals surface area contributed by atoms with Crippen LogP contribution in [-0.2, 0) is 14.8 Å². The molecule has 1 amide bonds. The van der Waals surface area contributed by atoms with Crippen LogP contribution in [0, 0.1) is 6.92 Å². The monoisotopic (exact) mass is 497 g/mol. The Morgan fingerprint density at radius 3 is 2.29 bits per heavy atom. The fourth-order valence-electron chi connectivity index (χ4n) is 5.10. The molecule has 2 aliphatic heterocycles. The number of rotatable bonds is 5. The first-order valence-electron chi connectivity index (χ1n) is 12.1. The SMILES string of the molecule is Cc1ccc(S(=O)(=O)N2CCN(C(=O)CN3CCC(n4c(=O)[nH]c5ccccc54)CC3)CC2)cc1. The van der Waals surface area contributed by atoms with Gasteiger partial charge in [0.15, 0.2) is 0 Å².